The fraction of sp³-hybridized carbons (Fsp3) is 0.353. The van der Waals surface area contributed by atoms with E-state index in [1.165, 1.54) is 16.0 Å². The number of aliphatic imine (C=N–C) groups is 1. The summed E-state index contributed by atoms with van der Waals surface area (Å²) in [7, 11) is 0. The Hall–Kier alpha value is -1.81. The van der Waals surface area contributed by atoms with Gasteiger partial charge in [-0.05, 0) is 37.3 Å². The number of guanidine groups is 1. The highest BCUT2D eigenvalue weighted by Crippen LogP contribution is 2.09. The molecule has 2 rings (SSSR count). The van der Waals surface area contributed by atoms with Gasteiger partial charge in [0, 0.05) is 18.0 Å². The van der Waals surface area contributed by atoms with Crippen LogP contribution < -0.4 is 10.6 Å². The van der Waals surface area contributed by atoms with E-state index < -0.39 is 0 Å². The fourth-order valence-electron chi connectivity index (χ4n) is 2.09. The largest absolute Gasteiger partial charge is 0.357 e. The third kappa shape index (κ3) is 5.60. The normalized spacial score (nSPS) is 11.4. The first-order valence-electron chi connectivity index (χ1n) is 7.38. The van der Waals surface area contributed by atoms with Crippen LogP contribution in [0.15, 0.2) is 46.8 Å². The van der Waals surface area contributed by atoms with E-state index in [2.05, 4.69) is 71.3 Å². The van der Waals surface area contributed by atoms with Crippen molar-refractivity contribution < 1.29 is 0 Å². The van der Waals surface area contributed by atoms with Gasteiger partial charge in [-0.25, -0.2) is 4.99 Å². The van der Waals surface area contributed by atoms with Crippen LogP contribution in [0.5, 0.6) is 0 Å². The maximum atomic E-state index is 4.61. The summed E-state index contributed by atoms with van der Waals surface area (Å²) >= 11 is 1.74. The van der Waals surface area contributed by atoms with Crippen molar-refractivity contribution >= 4 is 17.3 Å². The van der Waals surface area contributed by atoms with Gasteiger partial charge in [0.1, 0.15) is 0 Å². The van der Waals surface area contributed by atoms with Crippen molar-refractivity contribution in [3.63, 3.8) is 0 Å². The van der Waals surface area contributed by atoms with Crippen LogP contribution in [0, 0.1) is 6.92 Å². The number of benzene rings is 1. The van der Waals surface area contributed by atoms with E-state index >= 15 is 0 Å². The minimum absolute atomic E-state index is 0.734. The predicted octanol–water partition coefficient (Wildman–Crippen LogP) is 3.35. The Kier molecular flexibility index (Phi) is 6.28. The van der Waals surface area contributed by atoms with Crippen molar-refractivity contribution in [1.29, 1.82) is 0 Å². The number of thiophene rings is 1. The second-order valence-corrected chi connectivity index (χ2v) is 5.97. The van der Waals surface area contributed by atoms with Gasteiger partial charge >= 0.3 is 0 Å². The Balaban J connectivity index is 1.83. The lowest BCUT2D eigenvalue weighted by atomic mass is 10.1. The van der Waals surface area contributed by atoms with E-state index in [1.54, 1.807) is 11.3 Å². The van der Waals surface area contributed by atoms with Crippen molar-refractivity contribution in [3.8, 4) is 0 Å². The van der Waals surface area contributed by atoms with Crippen LogP contribution in [0.2, 0.25) is 0 Å². The first-order chi connectivity index (χ1) is 10.3. The van der Waals surface area contributed by atoms with E-state index in [4.69, 9.17) is 0 Å². The number of nitrogens with one attached hydrogen (secondary N) is 2. The highest BCUT2D eigenvalue weighted by Gasteiger charge is 1.99. The molecule has 1 aromatic heterocycles. The third-order valence-electron chi connectivity index (χ3n) is 3.11. The summed E-state index contributed by atoms with van der Waals surface area (Å²) < 4.78 is 0. The summed E-state index contributed by atoms with van der Waals surface area (Å²) in [5.74, 6) is 0.888. The molecule has 1 heterocycles. The van der Waals surface area contributed by atoms with Crippen LogP contribution in [0.3, 0.4) is 0 Å². The van der Waals surface area contributed by atoms with E-state index in [1.807, 2.05) is 0 Å². The molecule has 0 aliphatic heterocycles. The zero-order valence-electron chi connectivity index (χ0n) is 12.7. The summed E-state index contributed by atoms with van der Waals surface area (Å²) in [6.45, 7) is 6.71. The van der Waals surface area contributed by atoms with Crippen molar-refractivity contribution in [2.45, 2.75) is 26.8 Å². The first-order valence-corrected chi connectivity index (χ1v) is 8.26. The molecule has 4 heteroatoms. The van der Waals surface area contributed by atoms with Gasteiger partial charge in [-0.3, -0.25) is 0 Å². The van der Waals surface area contributed by atoms with Gasteiger partial charge in [-0.15, -0.1) is 11.3 Å². The summed E-state index contributed by atoms with van der Waals surface area (Å²) in [4.78, 5) is 5.89. The van der Waals surface area contributed by atoms with Crippen LogP contribution in [0.1, 0.15) is 22.9 Å². The highest BCUT2D eigenvalue weighted by atomic mass is 32.1. The second-order valence-electron chi connectivity index (χ2n) is 4.94. The Labute approximate surface area is 131 Å². The summed E-state index contributed by atoms with van der Waals surface area (Å²) in [5.41, 5.74) is 2.67. The van der Waals surface area contributed by atoms with Crippen LogP contribution in [-0.4, -0.2) is 19.0 Å². The molecule has 3 nitrogen and oxygen atoms in total. The van der Waals surface area contributed by atoms with Gasteiger partial charge in [-0.1, -0.05) is 35.9 Å². The molecular formula is C17H23N3S. The van der Waals surface area contributed by atoms with Gasteiger partial charge in [0.15, 0.2) is 5.96 Å². The molecule has 21 heavy (non-hydrogen) atoms. The van der Waals surface area contributed by atoms with Gasteiger partial charge < -0.3 is 10.6 Å². The molecule has 0 spiro atoms. The number of hydrogen-bond donors (Lipinski definition) is 2. The maximum Gasteiger partial charge on any atom is 0.191 e. The molecule has 112 valence electrons. The molecule has 0 unspecified atom stereocenters. The molecule has 0 saturated carbocycles. The smallest absolute Gasteiger partial charge is 0.191 e. The molecule has 0 aliphatic rings. The molecule has 0 atom stereocenters. The molecule has 2 aromatic rings. The topological polar surface area (TPSA) is 36.4 Å². The molecule has 0 aliphatic carbocycles. The summed E-state index contributed by atoms with van der Waals surface area (Å²) in [6.07, 6.45) is 1.01. The lowest BCUT2D eigenvalue weighted by Gasteiger charge is -2.11. The predicted molar refractivity (Wildman–Crippen MR) is 92.0 cm³/mol. The zero-order chi connectivity index (χ0) is 14.9. The molecule has 0 bridgehead atoms. The zero-order valence-corrected chi connectivity index (χ0v) is 13.5. The number of aryl methyl sites for hydroxylation is 1. The minimum atomic E-state index is 0.734. The summed E-state index contributed by atoms with van der Waals surface area (Å²) in [5, 5.41) is 8.77. The summed E-state index contributed by atoms with van der Waals surface area (Å²) in [6, 6.07) is 12.8. The van der Waals surface area contributed by atoms with Crippen molar-refractivity contribution in [3.05, 3.63) is 57.8 Å². The Morgan fingerprint density at radius 2 is 2.10 bits per heavy atom. The average Bonchev–Trinajstić information content (AvgIpc) is 2.98. The molecular weight excluding hydrogens is 278 g/mol. The van der Waals surface area contributed by atoms with Gasteiger partial charge in [0.25, 0.3) is 0 Å². The van der Waals surface area contributed by atoms with E-state index in [-0.39, 0.29) is 0 Å². The first kappa shape index (κ1) is 15.6. The molecule has 0 fully saturated rings. The standard InChI is InChI=1S/C17H23N3S/c1-3-18-17(20-13-16-8-5-11-21-16)19-10-9-15-7-4-6-14(2)12-15/h4-8,11-12H,3,9-10,13H2,1-2H3,(H2,18,19,20). The highest BCUT2D eigenvalue weighted by molar-refractivity contribution is 7.09. The van der Waals surface area contributed by atoms with Crippen LogP contribution in [0.4, 0.5) is 0 Å². The Morgan fingerprint density at radius 3 is 2.81 bits per heavy atom. The van der Waals surface area contributed by atoms with Crippen LogP contribution >= 0.6 is 11.3 Å². The third-order valence-corrected chi connectivity index (χ3v) is 3.97. The monoisotopic (exact) mass is 301 g/mol. The Bertz CT molecular complexity index is 561. The molecule has 1 aromatic carbocycles. The lowest BCUT2D eigenvalue weighted by molar-refractivity contribution is 0.800. The number of rotatable bonds is 6. The SMILES string of the molecule is CCNC(=NCc1cccs1)NCCc1cccc(C)c1. The average molecular weight is 301 g/mol. The molecule has 2 N–H and O–H groups in total. The quantitative estimate of drug-likeness (QED) is 0.634. The number of hydrogen-bond acceptors (Lipinski definition) is 2. The van der Waals surface area contributed by atoms with Crippen LogP contribution in [0.25, 0.3) is 0 Å². The van der Waals surface area contributed by atoms with Crippen molar-refractivity contribution in [2.75, 3.05) is 13.1 Å². The molecule has 0 radical (unpaired) electrons. The van der Waals surface area contributed by atoms with Gasteiger partial charge in [-0.2, -0.15) is 0 Å². The lowest BCUT2D eigenvalue weighted by Crippen LogP contribution is -2.38. The molecule has 0 amide bonds. The van der Waals surface area contributed by atoms with Gasteiger partial charge in [0.2, 0.25) is 0 Å². The molecule has 0 saturated heterocycles. The maximum absolute atomic E-state index is 4.61. The fourth-order valence-corrected chi connectivity index (χ4v) is 2.72. The van der Waals surface area contributed by atoms with Crippen molar-refractivity contribution in [1.82, 2.24) is 10.6 Å². The van der Waals surface area contributed by atoms with E-state index in [9.17, 15) is 0 Å². The van der Waals surface area contributed by atoms with E-state index in [0.717, 1.165) is 32.0 Å². The second kappa shape index (κ2) is 8.47. The van der Waals surface area contributed by atoms with Crippen molar-refractivity contribution in [2.24, 2.45) is 4.99 Å². The van der Waals surface area contributed by atoms with Crippen LogP contribution in [-0.2, 0) is 13.0 Å². The minimum Gasteiger partial charge on any atom is -0.357 e. The Morgan fingerprint density at radius 1 is 1.19 bits per heavy atom. The van der Waals surface area contributed by atoms with Gasteiger partial charge in [0.05, 0.1) is 6.54 Å². The van der Waals surface area contributed by atoms with E-state index in [0.29, 0.717) is 0 Å². The number of nitrogens with zero attached hydrogens (tertiary/aromatic N) is 1.